The highest BCUT2D eigenvalue weighted by Crippen LogP contribution is 2.22. The van der Waals surface area contributed by atoms with E-state index in [0.29, 0.717) is 0 Å². The Bertz CT molecular complexity index is 560. The van der Waals surface area contributed by atoms with E-state index in [9.17, 15) is 13.2 Å². The molecule has 120 valence electrons. The Morgan fingerprint density at radius 1 is 1.36 bits per heavy atom. The second-order valence-corrected chi connectivity index (χ2v) is 4.86. The number of aryl methyl sites for hydroxylation is 2. The Balaban J connectivity index is 3.04. The molecule has 0 amide bonds. The number of alkyl halides is 3. The van der Waals surface area contributed by atoms with Crippen LogP contribution in [0.2, 0.25) is 0 Å². The Morgan fingerprint density at radius 2 is 2.09 bits per heavy atom. The number of aromatic nitrogens is 2. The summed E-state index contributed by atoms with van der Waals surface area (Å²) in [5.41, 5.74) is 1.88. The van der Waals surface area contributed by atoms with Gasteiger partial charge in [-0.1, -0.05) is 32.1 Å². The SMILES string of the molecule is C=C/C=C\C(CCC(F)(F)F)=Nc1nc(C)cc(CCC)n1. The van der Waals surface area contributed by atoms with Gasteiger partial charge in [-0.15, -0.1) is 0 Å². The van der Waals surface area contributed by atoms with Crippen molar-refractivity contribution in [2.75, 3.05) is 0 Å². The van der Waals surface area contributed by atoms with Crippen LogP contribution in [0.15, 0.2) is 35.9 Å². The molecule has 0 saturated heterocycles. The quantitative estimate of drug-likeness (QED) is 0.531. The molecule has 1 heterocycles. The van der Waals surface area contributed by atoms with Crippen molar-refractivity contribution >= 4 is 11.7 Å². The van der Waals surface area contributed by atoms with Crippen LogP contribution in [0.1, 0.15) is 37.6 Å². The molecule has 0 N–H and O–H groups in total. The summed E-state index contributed by atoms with van der Waals surface area (Å²) in [7, 11) is 0. The van der Waals surface area contributed by atoms with Crippen molar-refractivity contribution in [3.05, 3.63) is 42.3 Å². The Hall–Kier alpha value is -1.98. The zero-order valence-corrected chi connectivity index (χ0v) is 12.8. The summed E-state index contributed by atoms with van der Waals surface area (Å²) < 4.78 is 37.1. The normalized spacial score (nSPS) is 12.9. The summed E-state index contributed by atoms with van der Waals surface area (Å²) in [4.78, 5) is 12.6. The molecule has 3 nitrogen and oxygen atoms in total. The Labute approximate surface area is 128 Å². The van der Waals surface area contributed by atoms with Gasteiger partial charge >= 0.3 is 6.18 Å². The molecule has 1 aromatic rings. The third-order valence-corrected chi connectivity index (χ3v) is 2.73. The van der Waals surface area contributed by atoms with Gasteiger partial charge in [-0.3, -0.25) is 0 Å². The first-order valence-electron chi connectivity index (χ1n) is 7.12. The van der Waals surface area contributed by atoms with Crippen LogP contribution in [0, 0.1) is 6.92 Å². The predicted octanol–water partition coefficient (Wildman–Crippen LogP) is 4.89. The number of hydrogen-bond acceptors (Lipinski definition) is 3. The van der Waals surface area contributed by atoms with Crippen LogP contribution in [0.3, 0.4) is 0 Å². The maximum atomic E-state index is 12.4. The zero-order valence-electron chi connectivity index (χ0n) is 12.8. The molecule has 0 radical (unpaired) electrons. The average molecular weight is 311 g/mol. The van der Waals surface area contributed by atoms with Crippen LogP contribution in [-0.2, 0) is 6.42 Å². The smallest absolute Gasteiger partial charge is 0.216 e. The van der Waals surface area contributed by atoms with Crippen molar-refractivity contribution in [2.45, 2.75) is 45.7 Å². The molecule has 0 aliphatic heterocycles. The fraction of sp³-hybridized carbons (Fsp3) is 0.438. The summed E-state index contributed by atoms with van der Waals surface area (Å²) in [5.74, 6) is 0.203. The van der Waals surface area contributed by atoms with Crippen molar-refractivity contribution in [1.82, 2.24) is 9.97 Å². The van der Waals surface area contributed by atoms with Gasteiger partial charge in [0.1, 0.15) is 0 Å². The highest BCUT2D eigenvalue weighted by Gasteiger charge is 2.26. The lowest BCUT2D eigenvalue weighted by Gasteiger charge is -2.07. The number of halogens is 3. The molecule has 1 rings (SSSR count). The third kappa shape index (κ3) is 7.15. The number of hydrogen-bond donors (Lipinski definition) is 0. The number of aliphatic imine (C=N–C) groups is 1. The monoisotopic (exact) mass is 311 g/mol. The van der Waals surface area contributed by atoms with Crippen LogP contribution < -0.4 is 0 Å². The maximum Gasteiger partial charge on any atom is 0.389 e. The molecule has 0 saturated carbocycles. The highest BCUT2D eigenvalue weighted by molar-refractivity contribution is 5.96. The highest BCUT2D eigenvalue weighted by atomic mass is 19.4. The molecule has 0 atom stereocenters. The van der Waals surface area contributed by atoms with E-state index in [-0.39, 0.29) is 18.1 Å². The van der Waals surface area contributed by atoms with E-state index in [1.807, 2.05) is 19.9 Å². The van der Waals surface area contributed by atoms with E-state index in [1.165, 1.54) is 12.2 Å². The van der Waals surface area contributed by atoms with Crippen molar-refractivity contribution < 1.29 is 13.2 Å². The largest absolute Gasteiger partial charge is 0.389 e. The average Bonchev–Trinajstić information content (AvgIpc) is 2.40. The van der Waals surface area contributed by atoms with Crippen LogP contribution in [0.25, 0.3) is 0 Å². The summed E-state index contributed by atoms with van der Waals surface area (Å²) in [6.45, 7) is 7.35. The van der Waals surface area contributed by atoms with Crippen molar-refractivity contribution in [3.8, 4) is 0 Å². The van der Waals surface area contributed by atoms with Crippen molar-refractivity contribution in [3.63, 3.8) is 0 Å². The van der Waals surface area contributed by atoms with E-state index in [2.05, 4.69) is 21.5 Å². The van der Waals surface area contributed by atoms with Gasteiger partial charge in [-0.2, -0.15) is 13.2 Å². The Morgan fingerprint density at radius 3 is 2.68 bits per heavy atom. The molecule has 1 aromatic heterocycles. The van der Waals surface area contributed by atoms with Gasteiger partial charge in [0.2, 0.25) is 5.95 Å². The van der Waals surface area contributed by atoms with Gasteiger partial charge < -0.3 is 0 Å². The van der Waals surface area contributed by atoms with Crippen LogP contribution >= 0.6 is 0 Å². The molecule has 0 aromatic carbocycles. The van der Waals surface area contributed by atoms with E-state index in [1.54, 1.807) is 6.08 Å². The minimum Gasteiger partial charge on any atom is -0.216 e. The summed E-state index contributed by atoms with van der Waals surface area (Å²) in [5, 5.41) is 0. The van der Waals surface area contributed by atoms with Gasteiger partial charge in [0.15, 0.2) is 0 Å². The number of allylic oxidation sites excluding steroid dienone is 3. The minimum absolute atomic E-state index is 0.203. The zero-order chi connectivity index (χ0) is 16.6. The molecular formula is C16H20F3N3. The lowest BCUT2D eigenvalue weighted by molar-refractivity contribution is -0.132. The predicted molar refractivity (Wildman–Crippen MR) is 82.5 cm³/mol. The van der Waals surface area contributed by atoms with Crippen LogP contribution in [0.5, 0.6) is 0 Å². The molecule has 0 fully saturated rings. The first-order chi connectivity index (χ1) is 10.3. The molecule has 0 spiro atoms. The molecule has 0 aliphatic rings. The first-order valence-corrected chi connectivity index (χ1v) is 7.12. The van der Waals surface area contributed by atoms with Gasteiger partial charge in [0, 0.05) is 23.5 Å². The fourth-order valence-corrected chi connectivity index (χ4v) is 1.80. The standard InChI is InChI=1S/C16H20F3N3/c1-4-6-8-13(9-10-16(17,18)19)21-15-20-12(3)11-14(22-15)7-5-2/h4,6,8,11H,1,5,7,9-10H2,2-3H3/b8-6-,21-13?. The first kappa shape index (κ1) is 18.1. The minimum atomic E-state index is -4.22. The molecule has 22 heavy (non-hydrogen) atoms. The second-order valence-electron chi connectivity index (χ2n) is 4.86. The van der Waals surface area contributed by atoms with Crippen molar-refractivity contribution in [1.29, 1.82) is 0 Å². The van der Waals surface area contributed by atoms with E-state index in [4.69, 9.17) is 0 Å². The van der Waals surface area contributed by atoms with E-state index < -0.39 is 12.6 Å². The van der Waals surface area contributed by atoms with E-state index in [0.717, 1.165) is 24.2 Å². The molecule has 0 bridgehead atoms. The number of rotatable bonds is 7. The lowest BCUT2D eigenvalue weighted by atomic mass is 10.2. The molecule has 0 aliphatic carbocycles. The summed E-state index contributed by atoms with van der Waals surface area (Å²) in [6.07, 6.45) is 0.895. The third-order valence-electron chi connectivity index (χ3n) is 2.73. The molecule has 0 unspecified atom stereocenters. The van der Waals surface area contributed by atoms with Gasteiger partial charge in [0.05, 0.1) is 0 Å². The topological polar surface area (TPSA) is 38.1 Å². The molecule has 6 heteroatoms. The molecular weight excluding hydrogens is 291 g/mol. The van der Waals surface area contributed by atoms with Crippen molar-refractivity contribution in [2.24, 2.45) is 4.99 Å². The summed E-state index contributed by atoms with van der Waals surface area (Å²) >= 11 is 0. The summed E-state index contributed by atoms with van der Waals surface area (Å²) in [6, 6.07) is 1.86. The van der Waals surface area contributed by atoms with Gasteiger partial charge in [-0.05, 0) is 31.9 Å². The Kier molecular flexibility index (Phi) is 6.95. The van der Waals surface area contributed by atoms with E-state index >= 15 is 0 Å². The second kappa shape index (κ2) is 8.46. The lowest BCUT2D eigenvalue weighted by Crippen LogP contribution is -2.10. The van der Waals surface area contributed by atoms with Gasteiger partial charge in [0.25, 0.3) is 0 Å². The van der Waals surface area contributed by atoms with Gasteiger partial charge in [-0.25, -0.2) is 15.0 Å². The van der Waals surface area contributed by atoms with Crippen LogP contribution in [-0.4, -0.2) is 21.9 Å². The number of nitrogens with zero attached hydrogens (tertiary/aromatic N) is 3. The fourth-order valence-electron chi connectivity index (χ4n) is 1.80. The van der Waals surface area contributed by atoms with Crippen LogP contribution in [0.4, 0.5) is 19.1 Å². The maximum absolute atomic E-state index is 12.4.